The average Bonchev–Trinajstić information content (AvgIpc) is 3.28. The highest BCUT2D eigenvalue weighted by atomic mass is 35.5. The van der Waals surface area contributed by atoms with Crippen molar-refractivity contribution in [2.24, 2.45) is 11.8 Å². The molecule has 4 aromatic rings. The van der Waals surface area contributed by atoms with Crippen LogP contribution in [0, 0.1) is 11.8 Å². The van der Waals surface area contributed by atoms with Gasteiger partial charge in [-0.05, 0) is 91.0 Å². The summed E-state index contributed by atoms with van der Waals surface area (Å²) in [6.45, 7) is 0.330. The van der Waals surface area contributed by atoms with E-state index >= 15 is 0 Å². The maximum absolute atomic E-state index is 9.39. The van der Waals surface area contributed by atoms with Crippen LogP contribution in [0.1, 0.15) is 31.4 Å². The molecule has 0 amide bonds. The molecule has 2 N–H and O–H groups in total. The number of aromatic nitrogens is 1. The van der Waals surface area contributed by atoms with Crippen LogP contribution in [0.4, 0.5) is 0 Å². The monoisotopic (exact) mass is 507 g/mol. The van der Waals surface area contributed by atoms with Gasteiger partial charge in [0.05, 0.1) is 24.2 Å². The molecule has 1 aliphatic carbocycles. The fourth-order valence-electron chi connectivity index (χ4n) is 5.09. The number of benzene rings is 3. The Morgan fingerprint density at radius 1 is 0.886 bits per heavy atom. The lowest BCUT2D eigenvalue weighted by atomic mass is 9.80. The number of fused-ring (bicyclic) bond motifs is 1. The molecule has 1 aromatic heterocycles. The number of aliphatic hydroxyl groups is 1. The van der Waals surface area contributed by atoms with Gasteiger partial charge in [-0.25, -0.2) is 4.89 Å². The second-order valence-corrected chi connectivity index (χ2v) is 10.6. The lowest BCUT2D eigenvalue weighted by Crippen LogP contribution is -2.18. The number of rotatable bonds is 8. The van der Waals surface area contributed by atoms with Crippen LogP contribution in [-0.2, 0) is 15.6 Å². The third-order valence-electron chi connectivity index (χ3n) is 7.08. The normalized spacial score (nSPS) is 18.3. The number of aromatic amines is 1. The van der Waals surface area contributed by atoms with Gasteiger partial charge < -0.3 is 10.1 Å². The third kappa shape index (κ3) is 5.76. The average molecular weight is 508 g/mol. The van der Waals surface area contributed by atoms with Crippen molar-refractivity contribution in [2.45, 2.75) is 37.0 Å². The van der Waals surface area contributed by atoms with E-state index in [1.54, 1.807) is 0 Å². The van der Waals surface area contributed by atoms with Crippen molar-refractivity contribution in [3.8, 4) is 22.3 Å². The van der Waals surface area contributed by atoms with Crippen LogP contribution < -0.4 is 0 Å². The highest BCUT2D eigenvalue weighted by Crippen LogP contribution is 2.36. The predicted octanol–water partition coefficient (Wildman–Crippen LogP) is 8.08. The van der Waals surface area contributed by atoms with E-state index in [2.05, 4.69) is 58.4 Å². The molecule has 182 valence electrons. The minimum Gasteiger partial charge on any atom is -0.396 e. The Kier molecular flexibility index (Phi) is 7.81. The van der Waals surface area contributed by atoms with Crippen LogP contribution in [0.15, 0.2) is 71.6 Å². The summed E-state index contributed by atoms with van der Waals surface area (Å²) in [6.07, 6.45) is 5.73. The van der Waals surface area contributed by atoms with Crippen LogP contribution in [0.2, 0.25) is 5.02 Å². The second-order valence-electron chi connectivity index (χ2n) is 9.41. The van der Waals surface area contributed by atoms with Crippen molar-refractivity contribution in [1.29, 1.82) is 0 Å². The molecule has 5 rings (SSSR count). The lowest BCUT2D eigenvalue weighted by Gasteiger charge is -2.26. The first-order valence-electron chi connectivity index (χ1n) is 12.1. The van der Waals surface area contributed by atoms with Gasteiger partial charge >= 0.3 is 0 Å². The molecule has 1 fully saturated rings. The van der Waals surface area contributed by atoms with Crippen molar-refractivity contribution in [2.75, 3.05) is 13.7 Å². The SMILES string of the molecule is COOSc1ccc(-c2ccc(-c3cc4cc(CC5CCC(CO)CC5)[nH]c4cc3Cl)cc2)cc1. The molecule has 1 heterocycles. The first kappa shape index (κ1) is 24.4. The Morgan fingerprint density at radius 3 is 2.17 bits per heavy atom. The zero-order valence-electron chi connectivity index (χ0n) is 19.8. The molecule has 0 saturated heterocycles. The summed E-state index contributed by atoms with van der Waals surface area (Å²) in [5.74, 6) is 1.18. The zero-order chi connectivity index (χ0) is 24.2. The molecule has 0 radical (unpaired) electrons. The van der Waals surface area contributed by atoms with Gasteiger partial charge in [0.25, 0.3) is 0 Å². The lowest BCUT2D eigenvalue weighted by molar-refractivity contribution is -0.160. The Bertz CT molecular complexity index is 1260. The van der Waals surface area contributed by atoms with Crippen LogP contribution in [0.25, 0.3) is 33.2 Å². The molecule has 3 aromatic carbocycles. The predicted molar refractivity (Wildman–Crippen MR) is 144 cm³/mol. The van der Waals surface area contributed by atoms with Crippen molar-refractivity contribution >= 4 is 34.5 Å². The fraction of sp³-hybridized carbons (Fsp3) is 0.310. The van der Waals surface area contributed by atoms with E-state index in [1.807, 2.05) is 18.2 Å². The zero-order valence-corrected chi connectivity index (χ0v) is 21.4. The molecule has 0 atom stereocenters. The van der Waals surface area contributed by atoms with Crippen LogP contribution in [0.3, 0.4) is 0 Å². The number of halogens is 1. The molecular weight excluding hydrogens is 478 g/mol. The van der Waals surface area contributed by atoms with Gasteiger partial charge in [-0.3, -0.25) is 0 Å². The molecule has 35 heavy (non-hydrogen) atoms. The maximum Gasteiger partial charge on any atom is 0.0725 e. The molecule has 0 unspecified atom stereocenters. The first-order valence-corrected chi connectivity index (χ1v) is 13.2. The van der Waals surface area contributed by atoms with Crippen LogP contribution in [-0.4, -0.2) is 23.8 Å². The number of hydrogen-bond acceptors (Lipinski definition) is 4. The van der Waals surface area contributed by atoms with Crippen molar-refractivity contribution in [3.63, 3.8) is 0 Å². The number of aliphatic hydroxyl groups excluding tert-OH is 1. The third-order valence-corrected chi connectivity index (χ3v) is 8.06. The van der Waals surface area contributed by atoms with E-state index in [4.69, 9.17) is 15.9 Å². The summed E-state index contributed by atoms with van der Waals surface area (Å²) in [6, 6.07) is 23.2. The number of hydrogen-bond donors (Lipinski definition) is 2. The van der Waals surface area contributed by atoms with Gasteiger partial charge in [0.1, 0.15) is 0 Å². The Morgan fingerprint density at radius 2 is 1.51 bits per heavy atom. The largest absolute Gasteiger partial charge is 0.396 e. The van der Waals surface area contributed by atoms with E-state index in [0.717, 1.165) is 57.0 Å². The molecule has 4 nitrogen and oxygen atoms in total. The molecule has 0 spiro atoms. The molecule has 0 aliphatic heterocycles. The van der Waals surface area contributed by atoms with Crippen molar-refractivity contribution < 1.29 is 14.3 Å². The molecule has 1 aliphatic rings. The summed E-state index contributed by atoms with van der Waals surface area (Å²) in [7, 11) is 1.49. The van der Waals surface area contributed by atoms with Crippen molar-refractivity contribution in [1.82, 2.24) is 4.98 Å². The highest BCUT2D eigenvalue weighted by molar-refractivity contribution is 7.94. The standard InChI is InChI=1S/C29H30ClNO3S/c1-33-34-35-26-12-10-22(11-13-26)21-6-8-23(9-7-21)27-16-24-15-25(31-29(24)17-28(27)30)14-19-2-4-20(18-32)5-3-19/h6-13,15-17,19-20,31-32H,2-5,14,18H2,1H3. The topological polar surface area (TPSA) is 54.5 Å². The van der Waals surface area contributed by atoms with Gasteiger partial charge in [0, 0.05) is 33.7 Å². The Labute approximate surface area is 215 Å². The maximum atomic E-state index is 9.39. The molecule has 0 bridgehead atoms. The smallest absolute Gasteiger partial charge is 0.0725 e. The summed E-state index contributed by atoms with van der Waals surface area (Å²) in [5, 5.41) is 11.3. The quantitative estimate of drug-likeness (QED) is 0.144. The van der Waals surface area contributed by atoms with Gasteiger partial charge in [0.15, 0.2) is 0 Å². The van der Waals surface area contributed by atoms with E-state index in [9.17, 15) is 5.11 Å². The number of H-pyrrole nitrogens is 1. The van der Waals surface area contributed by atoms with Crippen LogP contribution in [0.5, 0.6) is 0 Å². The van der Waals surface area contributed by atoms with Crippen molar-refractivity contribution in [3.05, 3.63) is 77.4 Å². The number of nitrogens with one attached hydrogen (secondary N) is 1. The molecular formula is C29H30ClNO3S. The van der Waals surface area contributed by atoms with Gasteiger partial charge in [0.2, 0.25) is 0 Å². The van der Waals surface area contributed by atoms with E-state index in [-0.39, 0.29) is 0 Å². The Hall–Kier alpha value is -2.28. The van der Waals surface area contributed by atoms with Gasteiger partial charge in [-0.2, -0.15) is 4.33 Å². The summed E-state index contributed by atoms with van der Waals surface area (Å²) >= 11 is 7.91. The minimum atomic E-state index is 0.330. The molecule has 1 saturated carbocycles. The first-order chi connectivity index (χ1) is 17.1. The minimum absolute atomic E-state index is 0.330. The van der Waals surface area contributed by atoms with Crippen LogP contribution >= 0.6 is 23.6 Å². The molecule has 6 heteroatoms. The second kappa shape index (κ2) is 11.2. The Balaban J connectivity index is 1.31. The highest BCUT2D eigenvalue weighted by Gasteiger charge is 2.21. The van der Waals surface area contributed by atoms with Gasteiger partial charge in [-0.15, -0.1) is 0 Å². The summed E-state index contributed by atoms with van der Waals surface area (Å²) in [5.41, 5.74) is 6.80. The fourth-order valence-corrected chi connectivity index (χ4v) is 5.76. The summed E-state index contributed by atoms with van der Waals surface area (Å²) < 4.78 is 4.91. The van der Waals surface area contributed by atoms with Gasteiger partial charge in [-0.1, -0.05) is 48.0 Å². The van der Waals surface area contributed by atoms with E-state index < -0.39 is 0 Å². The van der Waals surface area contributed by atoms with E-state index in [0.29, 0.717) is 18.4 Å². The summed E-state index contributed by atoms with van der Waals surface area (Å²) in [4.78, 5) is 9.20. The van der Waals surface area contributed by atoms with E-state index in [1.165, 1.54) is 43.1 Å².